The summed E-state index contributed by atoms with van der Waals surface area (Å²) in [7, 11) is 4.30. The molecule has 0 saturated heterocycles. The molecule has 1 aromatic rings. The van der Waals surface area contributed by atoms with Crippen molar-refractivity contribution in [3.63, 3.8) is 0 Å². The number of hydrogen-bond acceptors (Lipinski definition) is 3. The lowest BCUT2D eigenvalue weighted by Crippen LogP contribution is -2.43. The zero-order valence-electron chi connectivity index (χ0n) is 13.3. The van der Waals surface area contributed by atoms with Crippen LogP contribution in [0, 0.1) is 27.9 Å². The molecular weight excluding hydrogens is 300 g/mol. The fourth-order valence-electron chi connectivity index (χ4n) is 4.60. The van der Waals surface area contributed by atoms with E-state index in [0.29, 0.717) is 11.8 Å². The fraction of sp³-hybridized carbons (Fsp3) is 0.647. The van der Waals surface area contributed by atoms with Crippen molar-refractivity contribution in [3.8, 4) is 0 Å². The van der Waals surface area contributed by atoms with Crippen molar-refractivity contribution in [2.45, 2.75) is 31.6 Å². The van der Waals surface area contributed by atoms with Crippen molar-refractivity contribution in [1.29, 1.82) is 0 Å². The van der Waals surface area contributed by atoms with Crippen LogP contribution in [0.4, 0.5) is 5.69 Å². The minimum absolute atomic E-state index is 0. The average Bonchev–Trinajstić information content (AvgIpc) is 2.48. The minimum Gasteiger partial charge on any atom is -0.309 e. The lowest BCUT2D eigenvalue weighted by Gasteiger charge is -2.50. The highest BCUT2D eigenvalue weighted by atomic mass is 35.5. The van der Waals surface area contributed by atoms with Gasteiger partial charge in [-0.05, 0) is 69.0 Å². The van der Waals surface area contributed by atoms with Gasteiger partial charge in [0.2, 0.25) is 0 Å². The third kappa shape index (κ3) is 3.28. The Morgan fingerprint density at radius 1 is 1.09 bits per heavy atom. The lowest BCUT2D eigenvalue weighted by atomic mass is 9.57. The number of nitrogens with zero attached hydrogens (tertiary/aromatic N) is 2. The molecule has 0 heterocycles. The molecule has 2 bridgehead atoms. The van der Waals surface area contributed by atoms with Gasteiger partial charge in [-0.3, -0.25) is 10.1 Å². The molecule has 0 amide bonds. The number of non-ortho nitro benzene ring substituents is 1. The van der Waals surface area contributed by atoms with Crippen LogP contribution in [-0.2, 0) is 0 Å². The van der Waals surface area contributed by atoms with Gasteiger partial charge in [0.1, 0.15) is 0 Å². The largest absolute Gasteiger partial charge is 0.309 e. The number of halogens is 1. The molecule has 22 heavy (non-hydrogen) atoms. The minimum atomic E-state index is -0.311. The summed E-state index contributed by atoms with van der Waals surface area (Å²) in [5, 5.41) is 10.8. The van der Waals surface area contributed by atoms with Gasteiger partial charge in [0, 0.05) is 18.7 Å². The second-order valence-corrected chi connectivity index (χ2v) is 6.98. The normalized spacial score (nSPS) is 30.1. The molecule has 3 aliphatic rings. The molecule has 1 aromatic carbocycles. The van der Waals surface area contributed by atoms with Crippen LogP contribution in [0.5, 0.6) is 0 Å². The van der Waals surface area contributed by atoms with Gasteiger partial charge in [0.05, 0.1) is 4.92 Å². The molecule has 0 N–H and O–H groups in total. The first-order chi connectivity index (χ1) is 10.1. The van der Waals surface area contributed by atoms with E-state index in [1.165, 1.54) is 31.2 Å². The number of nitro groups is 1. The van der Waals surface area contributed by atoms with Gasteiger partial charge in [0.15, 0.2) is 0 Å². The summed E-state index contributed by atoms with van der Waals surface area (Å²) in [6.45, 7) is 1.13. The number of benzene rings is 1. The van der Waals surface area contributed by atoms with E-state index in [0.717, 1.165) is 18.4 Å². The summed E-state index contributed by atoms with van der Waals surface area (Å²) in [5.74, 6) is 2.88. The Bertz CT molecular complexity index is 510. The third-order valence-electron chi connectivity index (χ3n) is 5.46. The maximum absolute atomic E-state index is 10.8. The molecule has 4 nitrogen and oxygen atoms in total. The van der Waals surface area contributed by atoms with Crippen molar-refractivity contribution < 1.29 is 4.92 Å². The van der Waals surface area contributed by atoms with Crippen LogP contribution in [0.15, 0.2) is 24.3 Å². The van der Waals surface area contributed by atoms with Crippen LogP contribution in [0.3, 0.4) is 0 Å². The molecule has 2 atom stereocenters. The van der Waals surface area contributed by atoms with Crippen LogP contribution in [0.25, 0.3) is 0 Å². The molecule has 0 spiro atoms. The highest BCUT2D eigenvalue weighted by molar-refractivity contribution is 5.85. The van der Waals surface area contributed by atoms with Gasteiger partial charge in [-0.15, -0.1) is 12.4 Å². The van der Waals surface area contributed by atoms with Crippen molar-refractivity contribution >= 4 is 18.1 Å². The summed E-state index contributed by atoms with van der Waals surface area (Å²) in [5.41, 5.74) is 1.51. The van der Waals surface area contributed by atoms with Crippen molar-refractivity contribution in [2.24, 2.45) is 17.8 Å². The van der Waals surface area contributed by atoms with Crippen LogP contribution in [-0.4, -0.2) is 30.5 Å². The van der Waals surface area contributed by atoms with E-state index in [-0.39, 0.29) is 23.0 Å². The molecule has 3 fully saturated rings. The number of rotatable bonds is 4. The van der Waals surface area contributed by atoms with Crippen molar-refractivity contribution in [2.75, 3.05) is 20.6 Å². The molecule has 3 saturated carbocycles. The highest BCUT2D eigenvalue weighted by Crippen LogP contribution is 2.53. The van der Waals surface area contributed by atoms with Crippen LogP contribution >= 0.6 is 12.4 Å². The van der Waals surface area contributed by atoms with Crippen LogP contribution in [0.2, 0.25) is 0 Å². The summed E-state index contributed by atoms with van der Waals surface area (Å²) < 4.78 is 0. The predicted octanol–water partition coefficient (Wildman–Crippen LogP) is 4.10. The van der Waals surface area contributed by atoms with Gasteiger partial charge < -0.3 is 4.90 Å². The second-order valence-electron chi connectivity index (χ2n) is 6.98. The molecule has 0 radical (unpaired) electrons. The van der Waals surface area contributed by atoms with Gasteiger partial charge in [-0.1, -0.05) is 12.1 Å². The van der Waals surface area contributed by atoms with Crippen LogP contribution < -0.4 is 0 Å². The Morgan fingerprint density at radius 3 is 2.14 bits per heavy atom. The van der Waals surface area contributed by atoms with E-state index < -0.39 is 0 Å². The third-order valence-corrected chi connectivity index (χ3v) is 5.46. The van der Waals surface area contributed by atoms with Crippen LogP contribution in [0.1, 0.15) is 37.2 Å². The zero-order valence-corrected chi connectivity index (χ0v) is 14.1. The molecule has 4 rings (SSSR count). The molecule has 0 aromatic heterocycles. The van der Waals surface area contributed by atoms with Gasteiger partial charge in [0.25, 0.3) is 5.69 Å². The maximum atomic E-state index is 10.8. The van der Waals surface area contributed by atoms with E-state index in [9.17, 15) is 10.1 Å². The topological polar surface area (TPSA) is 46.4 Å². The molecule has 3 aliphatic carbocycles. The van der Waals surface area contributed by atoms with Gasteiger partial charge in [-0.25, -0.2) is 0 Å². The summed E-state index contributed by atoms with van der Waals surface area (Å²) in [6, 6.07) is 7.33. The Hall–Kier alpha value is -1.13. The molecule has 0 aliphatic heterocycles. The first-order valence-corrected chi connectivity index (χ1v) is 7.95. The van der Waals surface area contributed by atoms with Crippen molar-refractivity contribution in [1.82, 2.24) is 4.90 Å². The molecule has 5 heteroatoms. The zero-order chi connectivity index (χ0) is 15.0. The molecule has 2 unspecified atom stereocenters. The first kappa shape index (κ1) is 17.2. The smallest absolute Gasteiger partial charge is 0.269 e. The SMILES string of the molecule is CN(C)CC1C2CCC(CC2)C1c1ccc([N+](=O)[O-])cc1.Cl. The lowest BCUT2D eigenvalue weighted by molar-refractivity contribution is -0.384. The van der Waals surface area contributed by atoms with E-state index in [4.69, 9.17) is 0 Å². The van der Waals surface area contributed by atoms with E-state index in [1.54, 1.807) is 12.1 Å². The molecule has 122 valence electrons. The maximum Gasteiger partial charge on any atom is 0.269 e. The number of hydrogen-bond donors (Lipinski definition) is 0. The molecular formula is C17H25ClN2O2. The van der Waals surface area contributed by atoms with E-state index >= 15 is 0 Å². The van der Waals surface area contributed by atoms with Gasteiger partial charge in [-0.2, -0.15) is 0 Å². The quantitative estimate of drug-likeness (QED) is 0.619. The Balaban J connectivity index is 0.00000176. The highest BCUT2D eigenvalue weighted by Gasteiger charge is 2.44. The number of nitro benzene ring substituents is 1. The first-order valence-electron chi connectivity index (χ1n) is 7.95. The second kappa shape index (κ2) is 6.97. The fourth-order valence-corrected chi connectivity index (χ4v) is 4.60. The number of fused-ring (bicyclic) bond motifs is 3. The monoisotopic (exact) mass is 324 g/mol. The summed E-state index contributed by atoms with van der Waals surface area (Å²) in [4.78, 5) is 12.8. The van der Waals surface area contributed by atoms with Gasteiger partial charge >= 0.3 is 0 Å². The average molecular weight is 325 g/mol. The van der Waals surface area contributed by atoms with Crippen molar-refractivity contribution in [3.05, 3.63) is 39.9 Å². The van der Waals surface area contributed by atoms with E-state index in [1.807, 2.05) is 12.1 Å². The predicted molar refractivity (Wildman–Crippen MR) is 90.6 cm³/mol. The summed E-state index contributed by atoms with van der Waals surface area (Å²) in [6.07, 6.45) is 5.39. The Kier molecular flexibility index (Phi) is 5.45. The standard InChI is InChI=1S/C17H24N2O2.ClH/c1-18(2)11-16-12-3-5-13(6-4-12)17(16)14-7-9-15(10-8-14)19(20)21;/h7-10,12-13,16-17H,3-6,11H2,1-2H3;1H. The summed E-state index contributed by atoms with van der Waals surface area (Å²) >= 11 is 0. The van der Waals surface area contributed by atoms with E-state index in [2.05, 4.69) is 19.0 Å². The Labute approximate surface area is 138 Å². The Morgan fingerprint density at radius 2 is 1.64 bits per heavy atom.